The normalized spacial score (nSPS) is 10.3. The molecule has 1 aromatic rings. The van der Waals surface area contributed by atoms with E-state index in [0.29, 0.717) is 6.26 Å². The molecule has 0 radical (unpaired) electrons. The lowest BCUT2D eigenvalue weighted by atomic mass is 10.1. The van der Waals surface area contributed by atoms with Crippen LogP contribution in [0.15, 0.2) is 30.3 Å². The molecule has 0 aromatic heterocycles. The zero-order chi connectivity index (χ0) is 11.7. The number of aliphatic hydroxyl groups is 1. The average molecular weight is 232 g/mol. The van der Waals surface area contributed by atoms with E-state index in [4.69, 9.17) is 9.66 Å². The molecule has 0 aliphatic rings. The first-order valence-corrected chi connectivity index (χ1v) is 6.35. The molecular weight excluding hydrogens is 216 g/mol. The van der Waals surface area contributed by atoms with Gasteiger partial charge in [0.05, 0.1) is 6.26 Å². The molecule has 1 rings (SSSR count). The molecule has 0 aliphatic carbocycles. The summed E-state index contributed by atoms with van der Waals surface area (Å²) in [5, 5.41) is 8.53. The van der Waals surface area contributed by atoms with E-state index in [9.17, 15) is 8.42 Å². The maximum atomic E-state index is 9.19. The third-order valence-corrected chi connectivity index (χ3v) is 1.47. The van der Waals surface area contributed by atoms with Crippen LogP contribution in [0.1, 0.15) is 12.0 Å². The third kappa shape index (κ3) is 13.1. The summed E-state index contributed by atoms with van der Waals surface area (Å²) in [4.78, 5) is 0. The smallest absolute Gasteiger partial charge is 0.261 e. The molecule has 0 fully saturated rings. The second-order valence-corrected chi connectivity index (χ2v) is 4.51. The van der Waals surface area contributed by atoms with Gasteiger partial charge in [-0.15, -0.1) is 0 Å². The summed E-state index contributed by atoms with van der Waals surface area (Å²) in [6, 6.07) is 10.2. The van der Waals surface area contributed by atoms with Crippen LogP contribution < -0.4 is 0 Å². The highest BCUT2D eigenvalue weighted by Gasteiger charge is 1.88. The first-order valence-electron chi connectivity index (χ1n) is 4.50. The molecule has 0 heterocycles. The predicted octanol–water partition coefficient (Wildman–Crippen LogP) is 1.12. The van der Waals surface area contributed by atoms with Crippen molar-refractivity contribution in [3.8, 4) is 0 Å². The first kappa shape index (κ1) is 14.1. The van der Waals surface area contributed by atoms with Gasteiger partial charge in [0.25, 0.3) is 10.1 Å². The molecule has 0 aliphatic heterocycles. The molecule has 0 saturated heterocycles. The molecule has 0 bridgehead atoms. The number of hydrogen-bond donors (Lipinski definition) is 2. The van der Waals surface area contributed by atoms with Crippen molar-refractivity contribution in [3.05, 3.63) is 35.9 Å². The van der Waals surface area contributed by atoms with Crippen molar-refractivity contribution < 1.29 is 18.1 Å². The largest absolute Gasteiger partial charge is 0.396 e. The molecule has 0 spiro atoms. The Hall–Kier alpha value is -0.910. The molecule has 15 heavy (non-hydrogen) atoms. The van der Waals surface area contributed by atoms with Gasteiger partial charge in [0.2, 0.25) is 0 Å². The number of rotatable bonds is 3. The third-order valence-electron chi connectivity index (χ3n) is 1.47. The Morgan fingerprint density at radius 2 is 1.67 bits per heavy atom. The monoisotopic (exact) mass is 232 g/mol. The molecule has 4 nitrogen and oxygen atoms in total. The average Bonchev–Trinajstić information content (AvgIpc) is 2.14. The Bertz CT molecular complexity index is 337. The van der Waals surface area contributed by atoms with Crippen LogP contribution in [-0.2, 0) is 16.5 Å². The van der Waals surface area contributed by atoms with E-state index < -0.39 is 10.1 Å². The summed E-state index contributed by atoms with van der Waals surface area (Å²) in [7, 11) is -3.67. The lowest BCUT2D eigenvalue weighted by molar-refractivity contribution is 0.288. The quantitative estimate of drug-likeness (QED) is 0.766. The van der Waals surface area contributed by atoms with Crippen LogP contribution in [0.4, 0.5) is 0 Å². The topological polar surface area (TPSA) is 74.6 Å². The summed E-state index contributed by atoms with van der Waals surface area (Å²) >= 11 is 0. The molecule has 2 N–H and O–H groups in total. The maximum Gasteiger partial charge on any atom is 0.261 e. The summed E-state index contributed by atoms with van der Waals surface area (Å²) in [6.07, 6.45) is 2.56. The standard InChI is InChI=1S/C9H12O.CH4O3S/c10-8-4-7-9-5-2-1-3-6-9;1-5(2,3)4/h1-3,5-6,10H,4,7-8H2;1H3,(H,2,3,4). The van der Waals surface area contributed by atoms with Crippen LogP contribution >= 0.6 is 0 Å². The molecule has 0 amide bonds. The van der Waals surface area contributed by atoms with Gasteiger partial charge < -0.3 is 5.11 Å². The van der Waals surface area contributed by atoms with Crippen molar-refractivity contribution in [2.24, 2.45) is 0 Å². The number of aliphatic hydroxyl groups excluding tert-OH is 1. The Morgan fingerprint density at radius 3 is 2.07 bits per heavy atom. The van der Waals surface area contributed by atoms with Gasteiger partial charge in [0.15, 0.2) is 0 Å². The molecule has 1 aromatic carbocycles. The van der Waals surface area contributed by atoms with E-state index >= 15 is 0 Å². The van der Waals surface area contributed by atoms with Gasteiger partial charge in [-0.1, -0.05) is 30.3 Å². The second kappa shape index (κ2) is 7.39. The van der Waals surface area contributed by atoms with E-state index in [-0.39, 0.29) is 6.61 Å². The van der Waals surface area contributed by atoms with Crippen molar-refractivity contribution in [1.29, 1.82) is 0 Å². The summed E-state index contributed by atoms with van der Waals surface area (Å²) < 4.78 is 25.9. The van der Waals surface area contributed by atoms with Crippen LogP contribution in [0.25, 0.3) is 0 Å². The van der Waals surface area contributed by atoms with E-state index in [1.807, 2.05) is 18.2 Å². The van der Waals surface area contributed by atoms with E-state index in [1.165, 1.54) is 5.56 Å². The summed E-state index contributed by atoms with van der Waals surface area (Å²) in [5.41, 5.74) is 1.30. The van der Waals surface area contributed by atoms with Crippen molar-refractivity contribution >= 4 is 10.1 Å². The summed E-state index contributed by atoms with van der Waals surface area (Å²) in [5.74, 6) is 0. The molecule has 0 unspecified atom stereocenters. The highest BCUT2D eigenvalue weighted by atomic mass is 32.2. The van der Waals surface area contributed by atoms with Gasteiger partial charge in [0, 0.05) is 6.61 Å². The maximum absolute atomic E-state index is 9.19. The molecule has 0 saturated carbocycles. The molecule has 5 heteroatoms. The second-order valence-electron chi connectivity index (χ2n) is 3.05. The van der Waals surface area contributed by atoms with Crippen LogP contribution in [0.3, 0.4) is 0 Å². The molecular formula is C10H16O4S. The molecule has 0 atom stereocenters. The fourth-order valence-electron chi connectivity index (χ4n) is 0.928. The molecule has 86 valence electrons. The van der Waals surface area contributed by atoms with Gasteiger partial charge in [0.1, 0.15) is 0 Å². The highest BCUT2D eigenvalue weighted by Crippen LogP contribution is 2.00. The minimum atomic E-state index is -3.67. The lowest BCUT2D eigenvalue weighted by Gasteiger charge is -1.96. The first-order chi connectivity index (χ1) is 6.93. The van der Waals surface area contributed by atoms with Gasteiger partial charge in [-0.05, 0) is 18.4 Å². The SMILES string of the molecule is CS(=O)(=O)O.OCCCc1ccccc1. The Kier molecular flexibility index (Phi) is 6.94. The Balaban J connectivity index is 0.000000336. The van der Waals surface area contributed by atoms with E-state index in [0.717, 1.165) is 12.8 Å². The minimum absolute atomic E-state index is 0.287. The van der Waals surface area contributed by atoms with Crippen molar-refractivity contribution in [3.63, 3.8) is 0 Å². The van der Waals surface area contributed by atoms with Crippen molar-refractivity contribution in [2.45, 2.75) is 12.8 Å². The number of hydrogen-bond acceptors (Lipinski definition) is 3. The van der Waals surface area contributed by atoms with Crippen LogP contribution in [-0.4, -0.2) is 30.9 Å². The van der Waals surface area contributed by atoms with Crippen molar-refractivity contribution in [1.82, 2.24) is 0 Å². The fourth-order valence-corrected chi connectivity index (χ4v) is 0.928. The van der Waals surface area contributed by atoms with Gasteiger partial charge >= 0.3 is 0 Å². The summed E-state index contributed by atoms with van der Waals surface area (Å²) in [6.45, 7) is 0.287. The predicted molar refractivity (Wildman–Crippen MR) is 59.3 cm³/mol. The van der Waals surface area contributed by atoms with Gasteiger partial charge in [-0.3, -0.25) is 4.55 Å². The van der Waals surface area contributed by atoms with Crippen LogP contribution in [0.5, 0.6) is 0 Å². The highest BCUT2D eigenvalue weighted by molar-refractivity contribution is 7.85. The zero-order valence-corrected chi connectivity index (χ0v) is 9.44. The van der Waals surface area contributed by atoms with E-state index in [2.05, 4.69) is 12.1 Å². The van der Waals surface area contributed by atoms with Gasteiger partial charge in [-0.25, -0.2) is 0 Å². The Labute approximate surface area is 90.3 Å². The van der Waals surface area contributed by atoms with E-state index in [1.54, 1.807) is 0 Å². The van der Waals surface area contributed by atoms with Crippen molar-refractivity contribution in [2.75, 3.05) is 12.9 Å². The fraction of sp³-hybridized carbons (Fsp3) is 0.400. The van der Waals surface area contributed by atoms with Crippen LogP contribution in [0.2, 0.25) is 0 Å². The van der Waals surface area contributed by atoms with Crippen LogP contribution in [0, 0.1) is 0 Å². The number of aryl methyl sites for hydroxylation is 1. The number of benzene rings is 1. The minimum Gasteiger partial charge on any atom is -0.396 e. The lowest BCUT2D eigenvalue weighted by Crippen LogP contribution is -1.88. The Morgan fingerprint density at radius 1 is 1.20 bits per heavy atom. The zero-order valence-electron chi connectivity index (χ0n) is 8.63. The van der Waals surface area contributed by atoms with Gasteiger partial charge in [-0.2, -0.15) is 8.42 Å².